The lowest BCUT2D eigenvalue weighted by atomic mass is 10.0. The van der Waals surface area contributed by atoms with Crippen molar-refractivity contribution in [3.05, 3.63) is 108 Å². The number of rotatable bonds is 6. The van der Waals surface area contributed by atoms with E-state index >= 15 is 0 Å². The quantitative estimate of drug-likeness (QED) is 0.0631. The highest BCUT2D eigenvalue weighted by molar-refractivity contribution is 5.95. The Morgan fingerprint density at radius 1 is 0.878 bits per heavy atom. The number of nitrogens with one attached hydrogen (secondary N) is 1. The average Bonchev–Trinajstić information content (AvgIpc) is 3.83. The molecule has 2 aromatic carbocycles. The zero-order chi connectivity index (χ0) is 45.6. The number of hydrazone groups is 1. The van der Waals surface area contributed by atoms with Gasteiger partial charge in [0.05, 0.1) is 12.4 Å². The molecule has 0 bridgehead atoms. The lowest BCUT2D eigenvalue weighted by Gasteiger charge is -2.04. The van der Waals surface area contributed by atoms with Crippen LogP contribution in [0.2, 0.25) is 0 Å². The largest absolute Gasteiger partial charge is 0.380 e. The molecule has 0 aliphatic carbocycles. The Hall–Kier alpha value is -5.32. The number of hydrogen-bond acceptors (Lipinski definition) is 9. The van der Waals surface area contributed by atoms with Gasteiger partial charge >= 0.3 is 0 Å². The van der Waals surface area contributed by atoms with E-state index in [1.54, 1.807) is 24.8 Å². The van der Waals surface area contributed by atoms with Crippen molar-refractivity contribution in [1.82, 2.24) is 35.1 Å². The zero-order valence-electron chi connectivity index (χ0n) is 39.5. The van der Waals surface area contributed by atoms with Crippen LogP contribution in [-0.2, 0) is 0 Å². The van der Waals surface area contributed by atoms with Gasteiger partial charge in [-0.1, -0.05) is 76.2 Å². The van der Waals surface area contributed by atoms with E-state index in [9.17, 15) is 4.79 Å². The monoisotopic (exact) mass is 599 g/mol. The van der Waals surface area contributed by atoms with E-state index in [1.165, 1.54) is 23.5 Å². The first-order valence-corrected chi connectivity index (χ1v) is 13.0. The van der Waals surface area contributed by atoms with Crippen LogP contribution in [0, 0.1) is 0 Å². The SMILES string of the molecule is CC(C)c1ccc(-c2n[nH]c(-c3cnccn3)n2)cc1.CC(C)c1ccc(C=O)cc1.N/N=C(\N)c1cnccn1.[3H][3H].[3H][3H].[3H][3H].[3H][3H].[3H][3H].[3H][3H].[3H][3H].[3H][3H]. The number of aromatic nitrogens is 7. The summed E-state index contributed by atoms with van der Waals surface area (Å²) < 4.78 is 80.0. The molecule has 0 spiro atoms. The summed E-state index contributed by atoms with van der Waals surface area (Å²) >= 11 is 0. The number of carbonyl (C=O) groups excluding carboxylic acids is 1. The number of nitrogens with two attached hydrogens (primary N) is 2. The predicted molar refractivity (Wildman–Crippen MR) is 177 cm³/mol. The summed E-state index contributed by atoms with van der Waals surface area (Å²) in [5.74, 6) is 7.44. The Morgan fingerprint density at radius 3 is 1.95 bits per heavy atom. The highest BCUT2D eigenvalue weighted by atomic mass is 16.1. The molecule has 0 radical (unpaired) electrons. The van der Waals surface area contributed by atoms with Gasteiger partial charge in [0.2, 0.25) is 0 Å². The smallest absolute Gasteiger partial charge is 0.181 e. The van der Waals surface area contributed by atoms with Gasteiger partial charge in [-0.25, -0.2) is 15.0 Å². The first-order valence-electron chi connectivity index (χ1n) is 21.0. The van der Waals surface area contributed by atoms with Gasteiger partial charge in [0.15, 0.2) is 17.5 Å². The van der Waals surface area contributed by atoms with Gasteiger partial charge in [0, 0.05) is 59.7 Å². The highest BCUT2D eigenvalue weighted by Gasteiger charge is 2.09. The van der Waals surface area contributed by atoms with Crippen molar-refractivity contribution in [3.63, 3.8) is 0 Å². The van der Waals surface area contributed by atoms with Crippen LogP contribution in [0.15, 0.2) is 90.8 Å². The molecule has 226 valence electrons. The van der Waals surface area contributed by atoms with E-state index in [0.717, 1.165) is 17.4 Å². The van der Waals surface area contributed by atoms with Gasteiger partial charge in [-0.15, -0.1) is 0 Å². The predicted octanol–water partition coefficient (Wildman–Crippen LogP) is 6.70. The number of nitrogens with zero attached hydrogens (tertiary/aromatic N) is 7. The molecular formula is C30H50N10O. The fraction of sp³-hybridized carbons (Fsp3) is 0.200. The van der Waals surface area contributed by atoms with Crippen LogP contribution in [0.25, 0.3) is 22.9 Å². The van der Waals surface area contributed by atoms with E-state index in [4.69, 9.17) is 35.3 Å². The molecule has 0 saturated carbocycles. The van der Waals surface area contributed by atoms with Gasteiger partial charge in [-0.2, -0.15) is 10.2 Å². The van der Waals surface area contributed by atoms with Gasteiger partial charge in [0.25, 0.3) is 0 Å². The molecule has 5 rings (SSSR count). The number of hydrogen-bond donors (Lipinski definition) is 3. The maximum atomic E-state index is 10.3. The summed E-state index contributed by atoms with van der Waals surface area (Å²) in [5.41, 5.74) is 10.8. The van der Waals surface area contributed by atoms with Crippen LogP contribution in [0.1, 0.15) is 90.5 Å². The van der Waals surface area contributed by atoms with Crippen LogP contribution in [0.3, 0.4) is 0 Å². The molecule has 5 aromatic rings. The number of amidine groups is 1. The van der Waals surface area contributed by atoms with Crippen molar-refractivity contribution in [2.24, 2.45) is 16.7 Å². The van der Waals surface area contributed by atoms with Crippen LogP contribution in [-0.4, -0.2) is 47.2 Å². The van der Waals surface area contributed by atoms with Crippen molar-refractivity contribution in [1.29, 1.82) is 0 Å². The Bertz CT molecular complexity index is 1550. The van der Waals surface area contributed by atoms with Crippen molar-refractivity contribution in [2.75, 3.05) is 0 Å². The fourth-order valence-electron chi connectivity index (χ4n) is 3.40. The Balaban J connectivity index is -0.000000152. The molecule has 0 atom stereocenters. The summed E-state index contributed by atoms with van der Waals surface area (Å²) in [6.07, 6.45) is 10.4. The maximum Gasteiger partial charge on any atom is 0.181 e. The van der Waals surface area contributed by atoms with Crippen molar-refractivity contribution in [2.45, 2.75) is 39.5 Å². The minimum atomic E-state index is 0.188. The molecule has 11 nitrogen and oxygen atoms in total. The van der Waals surface area contributed by atoms with E-state index < -0.39 is 0 Å². The van der Waals surface area contributed by atoms with E-state index in [-0.39, 0.29) is 5.84 Å². The molecule has 0 amide bonds. The number of benzene rings is 2. The summed E-state index contributed by atoms with van der Waals surface area (Å²) in [4.78, 5) is 30.6. The van der Waals surface area contributed by atoms with Gasteiger partial charge in [-0.05, 0) is 23.0 Å². The van der Waals surface area contributed by atoms with Gasteiger partial charge in [-0.3, -0.25) is 19.9 Å². The third-order valence-electron chi connectivity index (χ3n) is 5.83. The van der Waals surface area contributed by atoms with Crippen LogP contribution in [0.5, 0.6) is 0 Å². The molecular weight excluding hydrogens is 516 g/mol. The zero-order valence-corrected chi connectivity index (χ0v) is 23.5. The molecule has 0 fully saturated rings. The third-order valence-corrected chi connectivity index (χ3v) is 5.83. The lowest BCUT2D eigenvalue weighted by molar-refractivity contribution is 0.112. The molecule has 0 unspecified atom stereocenters. The van der Waals surface area contributed by atoms with E-state index in [2.05, 4.69) is 80.0 Å². The second-order valence-corrected chi connectivity index (χ2v) is 9.42. The van der Waals surface area contributed by atoms with E-state index in [0.29, 0.717) is 34.9 Å². The van der Waals surface area contributed by atoms with Gasteiger partial charge < -0.3 is 11.6 Å². The molecule has 0 aliphatic heterocycles. The molecule has 0 saturated heterocycles. The van der Waals surface area contributed by atoms with Crippen LogP contribution < -0.4 is 11.6 Å². The molecule has 3 heterocycles. The normalized spacial score (nSPS) is 12.4. The molecule has 0 aliphatic rings. The van der Waals surface area contributed by atoms with Crippen molar-refractivity contribution >= 4 is 12.1 Å². The number of H-pyrrole nitrogens is 1. The third kappa shape index (κ3) is 9.13. The van der Waals surface area contributed by atoms with Crippen LogP contribution >= 0.6 is 0 Å². The van der Waals surface area contributed by atoms with Crippen LogP contribution in [0.4, 0.5) is 0 Å². The first kappa shape index (κ1) is 20.6. The molecule has 41 heavy (non-hydrogen) atoms. The summed E-state index contributed by atoms with van der Waals surface area (Å²) in [7, 11) is 0. The van der Waals surface area contributed by atoms with Crippen molar-refractivity contribution in [3.8, 4) is 22.9 Å². The topological polar surface area (TPSA) is 175 Å². The highest BCUT2D eigenvalue weighted by Crippen LogP contribution is 2.21. The van der Waals surface area contributed by atoms with Gasteiger partial charge in [0.1, 0.15) is 17.7 Å². The summed E-state index contributed by atoms with van der Waals surface area (Å²) in [6.45, 7) is 8.62. The second-order valence-electron chi connectivity index (χ2n) is 9.42. The first-order chi connectivity index (χ1) is 27.8. The average molecular weight is 599 g/mol. The van der Waals surface area contributed by atoms with Crippen molar-refractivity contribution < 1.29 is 28.6 Å². The number of carbonyl (C=O) groups is 1. The summed E-state index contributed by atoms with van der Waals surface area (Å²) in [6, 6.07) is 16.0. The number of aldehydes is 1. The summed E-state index contributed by atoms with van der Waals surface area (Å²) in [5, 5.41) is 10.4. The Labute approximate surface area is 263 Å². The Kier molecular flexibility index (Phi) is 7.68. The standard InChI is InChI=1S/C15H15N5.C10H12O.C5H7N5.8H2/c1-10(2)11-3-5-12(6-4-11)14-18-15(20-19-14)13-9-16-7-8-17-13;1-8(2)10-5-3-9(7-11)4-6-10;6-5(10-7)4-3-8-1-2-9-4;;;;;;;;/h3-10H,1-2H3,(H,18,19,20);3-8H,1-2H3;1-3H,7H2,(H2,6,10);8*1H/i;;;8*1+2T. The second kappa shape index (κ2) is 15.3. The minimum absolute atomic E-state index is 0.188. The fourth-order valence-corrected chi connectivity index (χ4v) is 3.40. The Morgan fingerprint density at radius 2 is 1.46 bits per heavy atom. The molecule has 5 N–H and O–H groups in total. The molecule has 11 heteroatoms. The number of aromatic amines is 1. The van der Waals surface area contributed by atoms with E-state index in [1.807, 2.05) is 36.4 Å². The minimum Gasteiger partial charge on any atom is -0.380 e. The molecule has 3 aromatic heterocycles. The lowest BCUT2D eigenvalue weighted by Crippen LogP contribution is -2.17. The maximum absolute atomic E-state index is 10.3.